The zero-order chi connectivity index (χ0) is 50.9. The van der Waals surface area contributed by atoms with Crippen LogP contribution in [0.4, 0.5) is 4.79 Å². The number of ether oxygens (including phenoxy) is 8. The standard InChI is InChI=1S/C45H57NO14.C6H12O2/c1-24-28(57-39(51)33(48)32(26-17-13-11-14-18-26)46-40(52)60-41(3,4)5)22-45(53)37(58-38(50)27-19-15-12-16-20-27)35-43(8,36(49)34(55-10)31(24)42(45,6)7)29(54-9)21-30-44(35,23-56-30)59-25(2)47;1-5(7)8-6(2,3)4/h11-20,28-30,32-35,37,48,53H,21-23H2,1-10H3,(H,46,52);1-4H3/t28-,29-,30+,32-,33+,34+,35?,37-,43+,44-,45+;/m0./s1. The van der Waals surface area contributed by atoms with Crippen LogP contribution >= 0.6 is 0 Å². The number of nitrogens with one attached hydrogen (secondary N) is 1. The molecule has 11 atom stereocenters. The van der Waals surface area contributed by atoms with Crippen LogP contribution < -0.4 is 5.32 Å². The number of hydrogen-bond acceptors (Lipinski definition) is 16. The van der Waals surface area contributed by atoms with E-state index >= 15 is 4.79 Å². The average molecular weight is 952 g/mol. The van der Waals surface area contributed by atoms with E-state index in [1.54, 1.807) is 109 Å². The van der Waals surface area contributed by atoms with Gasteiger partial charge in [0.25, 0.3) is 0 Å². The molecule has 17 heteroatoms. The number of rotatable bonds is 10. The van der Waals surface area contributed by atoms with E-state index in [1.165, 1.54) is 28.1 Å². The van der Waals surface area contributed by atoms with Crippen LogP contribution in [0, 0.1) is 16.7 Å². The molecule has 2 aromatic carbocycles. The predicted molar refractivity (Wildman–Crippen MR) is 245 cm³/mol. The van der Waals surface area contributed by atoms with Crippen molar-refractivity contribution in [1.82, 2.24) is 5.32 Å². The molecule has 2 aromatic rings. The first-order valence-electron chi connectivity index (χ1n) is 22.7. The minimum Gasteiger partial charge on any atom is -0.460 e. The lowest BCUT2D eigenvalue weighted by Crippen LogP contribution is -2.82. The Bertz CT molecular complexity index is 2230. The smallest absolute Gasteiger partial charge is 0.408 e. The summed E-state index contributed by atoms with van der Waals surface area (Å²) in [7, 11) is 2.78. The number of aliphatic hydroxyl groups is 2. The summed E-state index contributed by atoms with van der Waals surface area (Å²) < 4.78 is 47.2. The first-order chi connectivity index (χ1) is 31.5. The van der Waals surface area contributed by atoms with Crippen molar-refractivity contribution in [2.24, 2.45) is 16.7 Å². The Morgan fingerprint density at radius 1 is 0.824 bits per heavy atom. The Morgan fingerprint density at radius 2 is 1.40 bits per heavy atom. The van der Waals surface area contributed by atoms with E-state index in [-0.39, 0.29) is 35.7 Å². The average Bonchev–Trinajstić information content (AvgIpc) is 3.23. The Hall–Kier alpha value is -5.20. The van der Waals surface area contributed by atoms with Gasteiger partial charge >= 0.3 is 30.0 Å². The second kappa shape index (κ2) is 20.0. The molecule has 17 nitrogen and oxygen atoms in total. The highest BCUT2D eigenvalue weighted by Crippen LogP contribution is 2.64. The number of hydrogen-bond donors (Lipinski definition) is 3. The van der Waals surface area contributed by atoms with E-state index in [0.29, 0.717) is 11.1 Å². The van der Waals surface area contributed by atoms with Gasteiger partial charge in [-0.2, -0.15) is 0 Å². The molecule has 1 amide bonds. The lowest BCUT2D eigenvalue weighted by molar-refractivity contribution is -0.347. The second-order valence-electron chi connectivity index (χ2n) is 20.7. The molecule has 4 aliphatic rings. The first kappa shape index (κ1) is 53.8. The monoisotopic (exact) mass is 951 g/mol. The van der Waals surface area contributed by atoms with Gasteiger partial charge in [-0.05, 0) is 84.2 Å². The van der Waals surface area contributed by atoms with Gasteiger partial charge in [0.2, 0.25) is 0 Å². The summed E-state index contributed by atoms with van der Waals surface area (Å²) in [5.41, 5.74) is -7.05. The van der Waals surface area contributed by atoms with Crippen molar-refractivity contribution in [2.45, 2.75) is 161 Å². The quantitative estimate of drug-likeness (QED) is 0.143. The van der Waals surface area contributed by atoms with Crippen LogP contribution in [0.5, 0.6) is 0 Å². The molecule has 2 bridgehead atoms. The lowest BCUT2D eigenvalue weighted by Gasteiger charge is -2.67. The van der Waals surface area contributed by atoms with Gasteiger partial charge in [0, 0.05) is 46.3 Å². The van der Waals surface area contributed by atoms with Crippen molar-refractivity contribution in [2.75, 3.05) is 20.8 Å². The largest absolute Gasteiger partial charge is 0.460 e. The summed E-state index contributed by atoms with van der Waals surface area (Å²) in [6, 6.07) is 15.1. The van der Waals surface area contributed by atoms with Crippen molar-refractivity contribution >= 4 is 35.8 Å². The molecule has 1 saturated heterocycles. The summed E-state index contributed by atoms with van der Waals surface area (Å²) in [6.07, 6.45) is -9.31. The summed E-state index contributed by atoms with van der Waals surface area (Å²) in [4.78, 5) is 80.3. The molecule has 1 heterocycles. The van der Waals surface area contributed by atoms with Crippen LogP contribution in [0.3, 0.4) is 0 Å². The maximum absolute atomic E-state index is 15.5. The molecule has 0 aromatic heterocycles. The number of fused-ring (bicyclic) bond motifs is 5. The van der Waals surface area contributed by atoms with Crippen LogP contribution in [0.15, 0.2) is 71.8 Å². The SMILES string of the molecule is CC(=O)OC(C)(C)C.CO[C@H]1C(=O)[C@@]2(C)C([C@H](OC(=O)c3ccccc3)[C@]3(O)C[C@H](OC(=O)[C@H](O)[C@@H](NC(=O)OC(C)(C)C)c4ccccc4)C(C)=C1C3(C)C)[C@]1(OC(C)=O)CO[C@@H]1C[C@@H]2OC. The summed E-state index contributed by atoms with van der Waals surface area (Å²) >= 11 is 0. The van der Waals surface area contributed by atoms with Crippen molar-refractivity contribution < 1.29 is 76.9 Å². The van der Waals surface area contributed by atoms with E-state index < -0.39 is 112 Å². The molecule has 2 saturated carbocycles. The highest BCUT2D eigenvalue weighted by atomic mass is 16.6. The zero-order valence-electron chi connectivity index (χ0n) is 41.6. The number of aliphatic hydroxyl groups excluding tert-OH is 1. The second-order valence-corrected chi connectivity index (χ2v) is 20.7. The van der Waals surface area contributed by atoms with Gasteiger partial charge in [0.05, 0.1) is 35.6 Å². The number of amides is 1. The number of methoxy groups -OCH3 is 2. The maximum atomic E-state index is 15.5. The minimum absolute atomic E-state index is 0.121. The van der Waals surface area contributed by atoms with Gasteiger partial charge in [0.15, 0.2) is 17.5 Å². The van der Waals surface area contributed by atoms with E-state index in [2.05, 4.69) is 5.32 Å². The normalized spacial score (nSPS) is 30.4. The van der Waals surface area contributed by atoms with Gasteiger partial charge in [-0.25, -0.2) is 14.4 Å². The molecule has 3 aliphatic carbocycles. The van der Waals surface area contributed by atoms with E-state index in [1.807, 2.05) is 20.8 Å². The first-order valence-corrected chi connectivity index (χ1v) is 22.7. The third-order valence-corrected chi connectivity index (χ3v) is 13.5. The van der Waals surface area contributed by atoms with Crippen LogP contribution in [-0.4, -0.2) is 126 Å². The van der Waals surface area contributed by atoms with Crippen molar-refractivity contribution in [3.05, 3.63) is 82.9 Å². The van der Waals surface area contributed by atoms with E-state index in [4.69, 9.17) is 37.9 Å². The lowest BCUT2D eigenvalue weighted by atomic mass is 9.44. The Balaban J connectivity index is 0.000000989. The molecule has 0 radical (unpaired) electrons. The Labute approximate surface area is 398 Å². The molecule has 3 fully saturated rings. The number of benzene rings is 2. The Morgan fingerprint density at radius 3 is 1.87 bits per heavy atom. The van der Waals surface area contributed by atoms with Gasteiger partial charge in [-0.3, -0.25) is 14.4 Å². The molecule has 3 N–H and O–H groups in total. The zero-order valence-corrected chi connectivity index (χ0v) is 41.6. The molecular formula is C51H69NO16. The molecule has 0 spiro atoms. The topological polar surface area (TPSA) is 229 Å². The minimum atomic E-state index is -2.22. The van der Waals surface area contributed by atoms with Crippen LogP contribution in [0.1, 0.15) is 118 Å². The fourth-order valence-electron chi connectivity index (χ4n) is 10.5. The van der Waals surface area contributed by atoms with E-state index in [0.717, 1.165) is 0 Å². The highest BCUT2D eigenvalue weighted by Gasteiger charge is 2.78. The fourth-order valence-corrected chi connectivity index (χ4v) is 10.5. The molecule has 374 valence electrons. The van der Waals surface area contributed by atoms with Gasteiger partial charge < -0.3 is 53.4 Å². The van der Waals surface area contributed by atoms with Crippen LogP contribution in [0.25, 0.3) is 0 Å². The fraction of sp³-hybridized carbons (Fsp3) is 0.608. The van der Waals surface area contributed by atoms with Crippen LogP contribution in [-0.2, 0) is 57.1 Å². The highest BCUT2D eigenvalue weighted by molar-refractivity contribution is 5.94. The number of alkyl carbamates (subject to hydrolysis) is 1. The molecular weight excluding hydrogens is 883 g/mol. The van der Waals surface area contributed by atoms with Crippen molar-refractivity contribution in [1.29, 1.82) is 0 Å². The number of esters is 4. The summed E-state index contributed by atoms with van der Waals surface area (Å²) in [5, 5.41) is 28.0. The number of Topliss-reactive ketones (excluding diaryl/α,β-unsaturated/α-hetero) is 1. The van der Waals surface area contributed by atoms with Gasteiger partial charge in [-0.15, -0.1) is 0 Å². The van der Waals surface area contributed by atoms with Crippen molar-refractivity contribution in [3.8, 4) is 0 Å². The molecule has 6 rings (SSSR count). The summed E-state index contributed by atoms with van der Waals surface area (Å²) in [5.74, 6) is -4.75. The third kappa shape index (κ3) is 10.5. The summed E-state index contributed by atoms with van der Waals surface area (Å²) in [6.45, 7) is 19.6. The Kier molecular flexibility index (Phi) is 15.8. The molecule has 68 heavy (non-hydrogen) atoms. The van der Waals surface area contributed by atoms with Gasteiger partial charge in [-0.1, -0.05) is 62.4 Å². The van der Waals surface area contributed by atoms with Gasteiger partial charge in [0.1, 0.15) is 41.2 Å². The van der Waals surface area contributed by atoms with Crippen molar-refractivity contribution in [3.63, 3.8) is 0 Å². The number of ketones is 1. The molecule has 1 unspecified atom stereocenters. The van der Waals surface area contributed by atoms with Crippen LogP contribution in [0.2, 0.25) is 0 Å². The van der Waals surface area contributed by atoms with E-state index in [9.17, 15) is 34.2 Å². The third-order valence-electron chi connectivity index (χ3n) is 13.5. The predicted octanol–water partition coefficient (Wildman–Crippen LogP) is 5.92. The number of carbonyl (C=O) groups is 6. The maximum Gasteiger partial charge on any atom is 0.408 e. The number of carbonyl (C=O) groups excluding carboxylic acids is 6. The molecule has 1 aliphatic heterocycles.